The third-order valence-electron chi connectivity index (χ3n) is 5.93. The number of nitro groups is 1. The number of hydrogen-bond donors (Lipinski definition) is 2. The van der Waals surface area contributed by atoms with Gasteiger partial charge in [-0.25, -0.2) is 0 Å². The van der Waals surface area contributed by atoms with E-state index in [1.165, 1.54) is 16.0 Å². The lowest BCUT2D eigenvalue weighted by molar-refractivity contribution is -0.900. The van der Waals surface area contributed by atoms with Crippen molar-refractivity contribution in [3.05, 3.63) is 63.7 Å². The van der Waals surface area contributed by atoms with Gasteiger partial charge in [-0.1, -0.05) is 24.3 Å². The summed E-state index contributed by atoms with van der Waals surface area (Å²) in [6.07, 6.45) is 0.904. The van der Waals surface area contributed by atoms with Crippen molar-refractivity contribution in [2.45, 2.75) is 13.0 Å². The molecule has 0 spiro atoms. The van der Waals surface area contributed by atoms with Crippen LogP contribution in [0.4, 0.5) is 17.1 Å². The summed E-state index contributed by atoms with van der Waals surface area (Å²) in [5, 5.41) is 20.8. The number of rotatable bonds is 5. The van der Waals surface area contributed by atoms with Crippen LogP contribution in [0.1, 0.15) is 11.1 Å². The molecule has 2 aliphatic heterocycles. The molecule has 0 atom stereocenters. The molecule has 7 heteroatoms. The Kier molecular flexibility index (Phi) is 5.45. The lowest BCUT2D eigenvalue weighted by atomic mass is 9.99. The molecule has 1 fully saturated rings. The molecule has 148 valence electrons. The number of aliphatic hydroxyl groups excluding tert-OH is 1. The van der Waals surface area contributed by atoms with Crippen LogP contribution in [0.25, 0.3) is 0 Å². The van der Waals surface area contributed by atoms with Crippen molar-refractivity contribution in [3.63, 3.8) is 0 Å². The quantitative estimate of drug-likeness (QED) is 0.592. The van der Waals surface area contributed by atoms with E-state index in [1.54, 1.807) is 6.07 Å². The molecule has 1 saturated heterocycles. The number of hydrogen-bond acceptors (Lipinski definition) is 5. The monoisotopic (exact) mass is 383 g/mol. The predicted octanol–water partition coefficient (Wildman–Crippen LogP) is 0.855. The fraction of sp³-hybridized carbons (Fsp3) is 0.429. The first-order valence-corrected chi connectivity index (χ1v) is 9.95. The maximum atomic E-state index is 11.7. The summed E-state index contributed by atoms with van der Waals surface area (Å²) in [5.74, 6) is 0. The van der Waals surface area contributed by atoms with Crippen LogP contribution >= 0.6 is 0 Å². The lowest BCUT2D eigenvalue weighted by Gasteiger charge is -2.35. The molecule has 0 saturated carbocycles. The van der Waals surface area contributed by atoms with E-state index < -0.39 is 0 Å². The van der Waals surface area contributed by atoms with Crippen molar-refractivity contribution >= 4 is 17.1 Å². The molecule has 0 aliphatic carbocycles. The third kappa shape index (κ3) is 3.81. The second kappa shape index (κ2) is 8.16. The molecule has 0 amide bonds. The number of nitrogens with zero attached hydrogens (tertiary/aromatic N) is 3. The number of benzene rings is 2. The Balaban J connectivity index is 1.58. The van der Waals surface area contributed by atoms with E-state index in [2.05, 4.69) is 28.0 Å². The van der Waals surface area contributed by atoms with Gasteiger partial charge in [0.1, 0.15) is 12.2 Å². The summed E-state index contributed by atoms with van der Waals surface area (Å²) in [6, 6.07) is 13.8. The summed E-state index contributed by atoms with van der Waals surface area (Å²) in [6.45, 7) is 6.24. The molecule has 28 heavy (non-hydrogen) atoms. The van der Waals surface area contributed by atoms with Gasteiger partial charge in [-0.2, -0.15) is 0 Å². The van der Waals surface area contributed by atoms with Crippen LogP contribution in [-0.2, 0) is 13.0 Å². The first-order valence-electron chi connectivity index (χ1n) is 9.95. The highest BCUT2D eigenvalue weighted by atomic mass is 16.6. The van der Waals surface area contributed by atoms with Gasteiger partial charge in [0, 0.05) is 24.8 Å². The average molecular weight is 383 g/mol. The molecule has 0 unspecified atom stereocenters. The van der Waals surface area contributed by atoms with Crippen molar-refractivity contribution in [1.82, 2.24) is 0 Å². The Morgan fingerprint density at radius 2 is 1.79 bits per heavy atom. The Morgan fingerprint density at radius 3 is 2.50 bits per heavy atom. The lowest BCUT2D eigenvalue weighted by Crippen LogP contribution is -3.15. The minimum Gasteiger partial charge on any atom is -0.391 e. The Hall–Kier alpha value is -2.64. The van der Waals surface area contributed by atoms with Crippen LogP contribution in [0.2, 0.25) is 0 Å². The van der Waals surface area contributed by atoms with Crippen LogP contribution in [0, 0.1) is 10.1 Å². The van der Waals surface area contributed by atoms with Crippen molar-refractivity contribution < 1.29 is 14.9 Å². The summed E-state index contributed by atoms with van der Waals surface area (Å²) in [4.78, 5) is 17.2. The van der Waals surface area contributed by atoms with E-state index in [0.717, 1.165) is 51.4 Å². The summed E-state index contributed by atoms with van der Waals surface area (Å²) in [7, 11) is 0. The number of nitro benzene ring substituents is 1. The largest absolute Gasteiger partial charge is 0.391 e. The van der Waals surface area contributed by atoms with E-state index in [4.69, 9.17) is 5.11 Å². The number of nitrogens with one attached hydrogen (secondary N) is 1. The highest BCUT2D eigenvalue weighted by Crippen LogP contribution is 2.35. The smallest absolute Gasteiger partial charge is 0.292 e. The molecule has 0 bridgehead atoms. The highest BCUT2D eigenvalue weighted by molar-refractivity contribution is 5.71. The number of quaternary nitrogens is 1. The van der Waals surface area contributed by atoms with Crippen LogP contribution in [0.3, 0.4) is 0 Å². The minimum atomic E-state index is -0.275. The molecule has 0 radical (unpaired) electrons. The van der Waals surface area contributed by atoms with Gasteiger partial charge in [-0.05, 0) is 29.7 Å². The van der Waals surface area contributed by atoms with Gasteiger partial charge in [0.2, 0.25) is 0 Å². The average Bonchev–Trinajstić information content (AvgIpc) is 2.73. The zero-order valence-corrected chi connectivity index (χ0v) is 16.0. The maximum Gasteiger partial charge on any atom is 0.292 e. The standard InChI is InChI=1S/C21H26N4O3/c26-14-13-22-9-11-23(12-10-22)19-5-6-20(25(27)28)21(15-19)24-8-7-17-3-1-2-4-18(17)16-24/h1-6,15,26H,7-14,16H2/p+1. The van der Waals surface area contributed by atoms with Gasteiger partial charge in [-0.15, -0.1) is 0 Å². The van der Waals surface area contributed by atoms with E-state index in [9.17, 15) is 10.1 Å². The minimum absolute atomic E-state index is 0.174. The molecule has 2 aromatic rings. The topological polar surface area (TPSA) is 74.3 Å². The van der Waals surface area contributed by atoms with Gasteiger partial charge in [0.05, 0.1) is 37.7 Å². The van der Waals surface area contributed by atoms with Gasteiger partial charge in [0.25, 0.3) is 5.69 Å². The number of aliphatic hydroxyl groups is 1. The third-order valence-corrected chi connectivity index (χ3v) is 5.93. The van der Waals surface area contributed by atoms with Crippen molar-refractivity contribution in [2.24, 2.45) is 0 Å². The van der Waals surface area contributed by atoms with E-state index in [1.807, 2.05) is 18.2 Å². The molecule has 2 aromatic carbocycles. The molecule has 2 heterocycles. The van der Waals surface area contributed by atoms with Gasteiger partial charge in [0.15, 0.2) is 0 Å². The van der Waals surface area contributed by atoms with E-state index in [-0.39, 0.29) is 17.2 Å². The SMILES string of the molecule is O=[N+]([O-])c1ccc(N2CC[NH+](CCO)CC2)cc1N1CCc2ccccc2C1. The fourth-order valence-corrected chi connectivity index (χ4v) is 4.31. The molecule has 0 aromatic heterocycles. The summed E-state index contributed by atoms with van der Waals surface area (Å²) < 4.78 is 0. The van der Waals surface area contributed by atoms with Gasteiger partial charge < -0.3 is 19.8 Å². The van der Waals surface area contributed by atoms with Gasteiger partial charge >= 0.3 is 0 Å². The van der Waals surface area contributed by atoms with Crippen LogP contribution in [-0.4, -0.2) is 55.9 Å². The first-order chi connectivity index (χ1) is 13.7. The maximum absolute atomic E-state index is 11.7. The molecular weight excluding hydrogens is 356 g/mol. The first kappa shape index (κ1) is 18.7. The summed E-state index contributed by atoms with van der Waals surface area (Å²) in [5.41, 5.74) is 4.51. The number of fused-ring (bicyclic) bond motifs is 1. The Morgan fingerprint density at radius 1 is 1.04 bits per heavy atom. The van der Waals surface area contributed by atoms with Crippen LogP contribution < -0.4 is 14.7 Å². The second-order valence-corrected chi connectivity index (χ2v) is 7.58. The van der Waals surface area contributed by atoms with E-state index >= 15 is 0 Å². The molecule has 7 nitrogen and oxygen atoms in total. The molecule has 2 N–H and O–H groups in total. The van der Waals surface area contributed by atoms with Crippen molar-refractivity contribution in [1.29, 1.82) is 0 Å². The normalized spacial score (nSPS) is 17.5. The van der Waals surface area contributed by atoms with Crippen molar-refractivity contribution in [2.75, 3.05) is 55.7 Å². The van der Waals surface area contributed by atoms with Crippen LogP contribution in [0.15, 0.2) is 42.5 Å². The van der Waals surface area contributed by atoms with Gasteiger partial charge in [-0.3, -0.25) is 10.1 Å². The molecule has 4 rings (SSSR count). The molecule has 2 aliphatic rings. The van der Waals surface area contributed by atoms with E-state index in [0.29, 0.717) is 12.2 Å². The number of piperazine rings is 1. The zero-order chi connectivity index (χ0) is 19.5. The Bertz CT molecular complexity index is 849. The zero-order valence-electron chi connectivity index (χ0n) is 16.0. The van der Waals surface area contributed by atoms with Crippen molar-refractivity contribution in [3.8, 4) is 0 Å². The highest BCUT2D eigenvalue weighted by Gasteiger charge is 2.26. The molecular formula is C21H27N4O3+. The number of anilines is 2. The Labute approximate surface area is 164 Å². The fourth-order valence-electron chi connectivity index (χ4n) is 4.31. The van der Waals surface area contributed by atoms with Crippen LogP contribution in [0.5, 0.6) is 0 Å². The predicted molar refractivity (Wildman–Crippen MR) is 109 cm³/mol. The second-order valence-electron chi connectivity index (χ2n) is 7.58. The summed E-state index contributed by atoms with van der Waals surface area (Å²) >= 11 is 0.